The molecule has 0 aromatic carbocycles. The third-order valence-corrected chi connectivity index (χ3v) is 11.3. The van der Waals surface area contributed by atoms with Gasteiger partial charge in [0.05, 0.1) is 25.4 Å². The lowest BCUT2D eigenvalue weighted by Gasteiger charge is -2.40. The largest absolute Gasteiger partial charge is 0.394 e. The smallest absolute Gasteiger partial charge is 0.249 e. The van der Waals surface area contributed by atoms with E-state index in [2.05, 4.69) is 67.8 Å². The van der Waals surface area contributed by atoms with Crippen LogP contribution < -0.4 is 5.32 Å². The number of hydrogen-bond donors (Lipinski definition) is 8. The Morgan fingerprint density at radius 1 is 0.567 bits per heavy atom. The fourth-order valence-electron chi connectivity index (χ4n) is 7.29. The van der Waals surface area contributed by atoms with Gasteiger partial charge in [-0.05, 0) is 89.9 Å². The molecule has 0 radical (unpaired) electrons. The summed E-state index contributed by atoms with van der Waals surface area (Å²) >= 11 is 0. The summed E-state index contributed by atoms with van der Waals surface area (Å²) in [4.78, 5) is 13.1. The quantitative estimate of drug-likeness (QED) is 0.0221. The number of ether oxygens (including phenoxy) is 2. The minimum absolute atomic E-state index is 0.217. The Bertz CT molecular complexity index is 1110. The van der Waals surface area contributed by atoms with Crippen molar-refractivity contribution in [2.45, 2.75) is 242 Å². The van der Waals surface area contributed by atoms with E-state index in [-0.39, 0.29) is 12.8 Å². The summed E-state index contributed by atoms with van der Waals surface area (Å²) in [5.74, 6) is -0.732. The SMILES string of the molecule is CCCCCCCC/C=C\CCCCC(O)C(=O)NC(COC1OC(CO)C(O)C(O)C1O)C(O)C(O)CCC/C=C/CC/C=C/CC/C=C/CCCCCCCCCC. The average Bonchev–Trinajstić information content (AvgIpc) is 3.25. The second-order valence-electron chi connectivity index (χ2n) is 16.8. The van der Waals surface area contributed by atoms with Gasteiger partial charge in [-0.25, -0.2) is 0 Å². The summed E-state index contributed by atoms with van der Waals surface area (Å²) in [5.41, 5.74) is 0. The molecule has 0 bridgehead atoms. The zero-order valence-corrected chi connectivity index (χ0v) is 37.7. The molecule has 9 unspecified atom stereocenters. The van der Waals surface area contributed by atoms with Gasteiger partial charge < -0.3 is 50.5 Å². The van der Waals surface area contributed by atoms with E-state index >= 15 is 0 Å². The van der Waals surface area contributed by atoms with Crippen LogP contribution in [0, 0.1) is 0 Å². The Morgan fingerprint density at radius 2 is 1.00 bits per heavy atom. The molecule has 8 N–H and O–H groups in total. The highest BCUT2D eigenvalue weighted by Gasteiger charge is 2.44. The van der Waals surface area contributed by atoms with Crippen molar-refractivity contribution in [1.82, 2.24) is 5.32 Å². The number of aliphatic hydroxyl groups is 7. The molecule has 1 saturated heterocycles. The maximum Gasteiger partial charge on any atom is 0.249 e. The average molecular weight is 852 g/mol. The highest BCUT2D eigenvalue weighted by atomic mass is 16.7. The molecule has 350 valence electrons. The Balaban J connectivity index is 2.48. The van der Waals surface area contributed by atoms with Crippen LogP contribution in [0.4, 0.5) is 0 Å². The Morgan fingerprint density at radius 3 is 1.48 bits per heavy atom. The summed E-state index contributed by atoms with van der Waals surface area (Å²) in [6, 6.07) is -1.20. The van der Waals surface area contributed by atoms with Gasteiger partial charge >= 0.3 is 0 Å². The molecule has 1 amide bonds. The van der Waals surface area contributed by atoms with E-state index in [1.165, 1.54) is 96.3 Å². The van der Waals surface area contributed by atoms with Crippen molar-refractivity contribution in [3.8, 4) is 0 Å². The van der Waals surface area contributed by atoms with Crippen molar-refractivity contribution < 1.29 is 50.0 Å². The Hall–Kier alpha value is -1.93. The summed E-state index contributed by atoms with van der Waals surface area (Å²) < 4.78 is 11.1. The molecule has 1 fully saturated rings. The van der Waals surface area contributed by atoms with Crippen molar-refractivity contribution in [1.29, 1.82) is 0 Å². The number of nitrogens with one attached hydrogen (secondary N) is 1. The predicted octanol–water partition coefficient (Wildman–Crippen LogP) is 8.17. The molecule has 0 aromatic heterocycles. The summed E-state index contributed by atoms with van der Waals surface area (Å²) in [7, 11) is 0. The Labute approximate surface area is 364 Å². The minimum atomic E-state index is -1.68. The first-order chi connectivity index (χ1) is 29.2. The van der Waals surface area contributed by atoms with E-state index in [4.69, 9.17) is 9.47 Å². The topological polar surface area (TPSA) is 189 Å². The lowest BCUT2D eigenvalue weighted by Crippen LogP contribution is -2.60. The van der Waals surface area contributed by atoms with Crippen LogP contribution in [0.3, 0.4) is 0 Å². The zero-order chi connectivity index (χ0) is 44.1. The van der Waals surface area contributed by atoms with E-state index in [9.17, 15) is 40.5 Å². The molecule has 1 aliphatic rings. The minimum Gasteiger partial charge on any atom is -0.394 e. The van der Waals surface area contributed by atoms with Gasteiger partial charge in [0.25, 0.3) is 0 Å². The van der Waals surface area contributed by atoms with E-state index in [0.717, 1.165) is 44.9 Å². The van der Waals surface area contributed by atoms with Crippen molar-refractivity contribution in [3.05, 3.63) is 48.6 Å². The van der Waals surface area contributed by atoms with Crippen molar-refractivity contribution in [2.75, 3.05) is 13.2 Å². The number of carbonyl (C=O) groups is 1. The normalized spacial score (nSPS) is 22.1. The summed E-state index contributed by atoms with van der Waals surface area (Å²) in [6.45, 7) is 3.38. The lowest BCUT2D eigenvalue weighted by molar-refractivity contribution is -0.303. The van der Waals surface area contributed by atoms with E-state index < -0.39 is 74.2 Å². The van der Waals surface area contributed by atoms with Gasteiger partial charge in [0.15, 0.2) is 6.29 Å². The number of carbonyl (C=O) groups excluding carboxylic acids is 1. The zero-order valence-electron chi connectivity index (χ0n) is 37.7. The van der Waals surface area contributed by atoms with Crippen molar-refractivity contribution in [3.63, 3.8) is 0 Å². The first-order valence-electron chi connectivity index (χ1n) is 24.0. The third-order valence-electron chi connectivity index (χ3n) is 11.3. The first kappa shape index (κ1) is 56.1. The van der Waals surface area contributed by atoms with Crippen LogP contribution in [-0.2, 0) is 14.3 Å². The van der Waals surface area contributed by atoms with Gasteiger partial charge in [0, 0.05) is 0 Å². The maximum atomic E-state index is 13.1. The monoisotopic (exact) mass is 852 g/mol. The van der Waals surface area contributed by atoms with Gasteiger partial charge in [0.1, 0.15) is 36.6 Å². The summed E-state index contributed by atoms with van der Waals surface area (Å²) in [6.07, 6.45) is 34.5. The molecular weight excluding hydrogens is 763 g/mol. The van der Waals surface area contributed by atoms with Crippen LogP contribution in [0.1, 0.15) is 187 Å². The van der Waals surface area contributed by atoms with E-state index in [1.807, 2.05) is 0 Å². The number of allylic oxidation sites excluding steroid dienone is 8. The fourth-order valence-corrected chi connectivity index (χ4v) is 7.29. The highest BCUT2D eigenvalue weighted by molar-refractivity contribution is 5.80. The number of rotatable bonds is 39. The van der Waals surface area contributed by atoms with Gasteiger partial charge in [-0.15, -0.1) is 0 Å². The lowest BCUT2D eigenvalue weighted by atomic mass is 9.98. The Kier molecular flexibility index (Phi) is 36.2. The number of amides is 1. The van der Waals surface area contributed by atoms with Gasteiger partial charge in [-0.2, -0.15) is 0 Å². The molecule has 11 heteroatoms. The molecule has 11 nitrogen and oxygen atoms in total. The molecule has 0 spiro atoms. The van der Waals surface area contributed by atoms with Crippen molar-refractivity contribution in [2.24, 2.45) is 0 Å². The first-order valence-corrected chi connectivity index (χ1v) is 24.0. The maximum absolute atomic E-state index is 13.1. The van der Waals surface area contributed by atoms with Crippen LogP contribution in [0.2, 0.25) is 0 Å². The number of unbranched alkanes of at least 4 members (excludes halogenated alkanes) is 19. The predicted molar refractivity (Wildman–Crippen MR) is 242 cm³/mol. The molecule has 1 rings (SSSR count). The standard InChI is InChI=1S/C49H89NO10/c1-3-5-7-9-11-13-15-17-18-19-20-21-22-23-24-25-27-28-30-32-34-36-41(52)44(54)40(39-59-49-47(57)46(56)45(55)43(38-51)60-49)50-48(58)42(53)37-35-33-31-29-26-16-14-12-10-8-6-4-2/h19-20,23-24,26,28-30,40-47,49,51-57H,3-18,21-22,25,27,31-39H2,1-2H3,(H,50,58)/b20-19+,24-23+,29-26-,30-28+. The molecule has 1 heterocycles. The molecule has 9 atom stereocenters. The van der Waals surface area contributed by atoms with Crippen LogP contribution >= 0.6 is 0 Å². The van der Waals surface area contributed by atoms with E-state index in [0.29, 0.717) is 19.3 Å². The molecule has 0 aliphatic carbocycles. The second-order valence-corrected chi connectivity index (χ2v) is 16.8. The van der Waals surface area contributed by atoms with Gasteiger partial charge in [0.2, 0.25) is 5.91 Å². The molecule has 0 aromatic rings. The van der Waals surface area contributed by atoms with Gasteiger partial charge in [-0.3, -0.25) is 4.79 Å². The molecule has 60 heavy (non-hydrogen) atoms. The van der Waals surface area contributed by atoms with E-state index in [1.54, 1.807) is 0 Å². The molecule has 1 aliphatic heterocycles. The van der Waals surface area contributed by atoms with Crippen LogP contribution in [0.25, 0.3) is 0 Å². The molecular formula is C49H89NO10. The fraction of sp³-hybridized carbons (Fsp3) is 0.816. The van der Waals surface area contributed by atoms with Crippen molar-refractivity contribution >= 4 is 5.91 Å². The highest BCUT2D eigenvalue weighted by Crippen LogP contribution is 2.23. The summed E-state index contributed by atoms with van der Waals surface area (Å²) in [5, 5.41) is 75.6. The second kappa shape index (κ2) is 38.7. The van der Waals surface area contributed by atoms with Crippen LogP contribution in [-0.4, -0.2) is 110 Å². The number of hydrogen-bond acceptors (Lipinski definition) is 10. The van der Waals surface area contributed by atoms with Gasteiger partial charge in [-0.1, -0.05) is 146 Å². The van der Waals surface area contributed by atoms with Crippen LogP contribution in [0.15, 0.2) is 48.6 Å². The third kappa shape index (κ3) is 27.9. The molecule has 0 saturated carbocycles. The van der Waals surface area contributed by atoms with Crippen LogP contribution in [0.5, 0.6) is 0 Å². The number of aliphatic hydroxyl groups excluding tert-OH is 7.